The van der Waals surface area contributed by atoms with Crippen LogP contribution >= 0.6 is 15.9 Å². The van der Waals surface area contributed by atoms with Crippen LogP contribution in [-0.4, -0.2) is 23.6 Å². The van der Waals surface area contributed by atoms with E-state index < -0.39 is 0 Å². The first-order valence-electron chi connectivity index (χ1n) is 5.87. The lowest BCUT2D eigenvalue weighted by atomic mass is 10.3. The zero-order chi connectivity index (χ0) is 13.8. The fourth-order valence-corrected chi connectivity index (χ4v) is 2.28. The molecular formula is C13H14BrFN4. The molecule has 4 nitrogen and oxygen atoms in total. The molecule has 0 atom stereocenters. The molecule has 0 aliphatic rings. The highest BCUT2D eigenvalue weighted by molar-refractivity contribution is 9.10. The minimum absolute atomic E-state index is 0.257. The number of rotatable bonds is 4. The van der Waals surface area contributed by atoms with Gasteiger partial charge in [-0.25, -0.2) is 14.4 Å². The summed E-state index contributed by atoms with van der Waals surface area (Å²) in [4.78, 5) is 10.3. The number of nitrogens with zero attached hydrogens (tertiary/aromatic N) is 3. The standard InChI is InChI=1S/C13H14BrFN4/c1-3-16-12-11(14)13(18-8-17-12)19(2)10-6-4-9(15)5-7-10/h4-8H,3H2,1-2H3,(H,16,17,18). The highest BCUT2D eigenvalue weighted by Gasteiger charge is 2.13. The monoisotopic (exact) mass is 324 g/mol. The lowest BCUT2D eigenvalue weighted by Gasteiger charge is -2.20. The number of aromatic nitrogens is 2. The lowest BCUT2D eigenvalue weighted by Crippen LogP contribution is -2.13. The van der Waals surface area contributed by atoms with E-state index in [1.54, 1.807) is 12.1 Å². The topological polar surface area (TPSA) is 41.1 Å². The SMILES string of the molecule is CCNc1ncnc(N(C)c2ccc(F)cc2)c1Br. The van der Waals surface area contributed by atoms with Crippen molar-refractivity contribution in [3.05, 3.63) is 40.9 Å². The first-order chi connectivity index (χ1) is 9.13. The number of halogens is 2. The Hall–Kier alpha value is -1.69. The van der Waals surface area contributed by atoms with E-state index in [2.05, 4.69) is 31.2 Å². The minimum Gasteiger partial charge on any atom is -0.369 e. The fraction of sp³-hybridized carbons (Fsp3) is 0.231. The molecule has 0 aliphatic heterocycles. The van der Waals surface area contributed by atoms with Crippen LogP contribution in [0.15, 0.2) is 35.1 Å². The zero-order valence-electron chi connectivity index (χ0n) is 10.7. The molecule has 100 valence electrons. The van der Waals surface area contributed by atoms with E-state index in [9.17, 15) is 4.39 Å². The van der Waals surface area contributed by atoms with E-state index >= 15 is 0 Å². The van der Waals surface area contributed by atoms with Gasteiger partial charge in [0.2, 0.25) is 0 Å². The van der Waals surface area contributed by atoms with Crippen molar-refractivity contribution in [3.63, 3.8) is 0 Å². The van der Waals surface area contributed by atoms with Gasteiger partial charge in [0.25, 0.3) is 0 Å². The quantitative estimate of drug-likeness (QED) is 0.933. The molecule has 2 rings (SSSR count). The smallest absolute Gasteiger partial charge is 0.152 e. The summed E-state index contributed by atoms with van der Waals surface area (Å²) in [6.07, 6.45) is 1.50. The normalized spacial score (nSPS) is 10.3. The van der Waals surface area contributed by atoms with Crippen molar-refractivity contribution in [3.8, 4) is 0 Å². The van der Waals surface area contributed by atoms with Crippen LogP contribution in [0.5, 0.6) is 0 Å². The minimum atomic E-state index is -0.257. The molecule has 0 saturated carbocycles. The van der Waals surface area contributed by atoms with Crippen molar-refractivity contribution in [2.24, 2.45) is 0 Å². The predicted octanol–water partition coefficient (Wildman–Crippen LogP) is 3.58. The van der Waals surface area contributed by atoms with Gasteiger partial charge in [-0.1, -0.05) is 0 Å². The highest BCUT2D eigenvalue weighted by Crippen LogP contribution is 2.32. The van der Waals surface area contributed by atoms with Crippen molar-refractivity contribution in [2.45, 2.75) is 6.92 Å². The van der Waals surface area contributed by atoms with E-state index in [-0.39, 0.29) is 5.82 Å². The molecule has 0 amide bonds. The van der Waals surface area contributed by atoms with Gasteiger partial charge < -0.3 is 10.2 Å². The summed E-state index contributed by atoms with van der Waals surface area (Å²) < 4.78 is 13.7. The van der Waals surface area contributed by atoms with Crippen molar-refractivity contribution < 1.29 is 4.39 Å². The van der Waals surface area contributed by atoms with Crippen LogP contribution in [0, 0.1) is 5.82 Å². The van der Waals surface area contributed by atoms with Crippen molar-refractivity contribution in [1.29, 1.82) is 0 Å². The Morgan fingerprint density at radius 3 is 2.58 bits per heavy atom. The van der Waals surface area contributed by atoms with E-state index in [4.69, 9.17) is 0 Å². The largest absolute Gasteiger partial charge is 0.369 e. The summed E-state index contributed by atoms with van der Waals surface area (Å²) in [6.45, 7) is 2.77. The van der Waals surface area contributed by atoms with Gasteiger partial charge in [0.1, 0.15) is 22.4 Å². The first-order valence-corrected chi connectivity index (χ1v) is 6.66. The summed E-state index contributed by atoms with van der Waals surface area (Å²) in [6, 6.07) is 6.26. The molecule has 0 fully saturated rings. The summed E-state index contributed by atoms with van der Waals surface area (Å²) in [5.74, 6) is 1.20. The van der Waals surface area contributed by atoms with Crippen LogP contribution in [0.3, 0.4) is 0 Å². The maximum absolute atomic E-state index is 12.9. The molecule has 2 aromatic rings. The Kier molecular flexibility index (Phi) is 4.31. The van der Waals surface area contributed by atoms with Crippen molar-refractivity contribution in [2.75, 3.05) is 23.8 Å². The van der Waals surface area contributed by atoms with Crippen molar-refractivity contribution >= 4 is 33.3 Å². The molecule has 1 heterocycles. The maximum Gasteiger partial charge on any atom is 0.152 e. The Morgan fingerprint density at radius 1 is 1.26 bits per heavy atom. The molecular weight excluding hydrogens is 311 g/mol. The Balaban J connectivity index is 2.35. The van der Waals surface area contributed by atoms with Crippen LogP contribution in [0.25, 0.3) is 0 Å². The van der Waals surface area contributed by atoms with Crippen LogP contribution < -0.4 is 10.2 Å². The molecule has 0 spiro atoms. The molecule has 0 unspecified atom stereocenters. The number of hydrogen-bond donors (Lipinski definition) is 1. The third-order valence-corrected chi connectivity index (χ3v) is 3.38. The molecule has 0 aliphatic carbocycles. The van der Waals surface area contributed by atoms with E-state index in [0.29, 0.717) is 0 Å². The summed E-state index contributed by atoms with van der Waals surface area (Å²) in [5, 5.41) is 3.15. The Morgan fingerprint density at radius 2 is 1.95 bits per heavy atom. The van der Waals surface area contributed by atoms with E-state index in [1.807, 2.05) is 18.9 Å². The molecule has 0 saturated heterocycles. The summed E-state index contributed by atoms with van der Waals surface area (Å²) in [5.41, 5.74) is 0.850. The fourth-order valence-electron chi connectivity index (χ4n) is 1.67. The third kappa shape index (κ3) is 3.01. The van der Waals surface area contributed by atoms with Crippen molar-refractivity contribution in [1.82, 2.24) is 9.97 Å². The number of anilines is 3. The van der Waals surface area contributed by atoms with Gasteiger partial charge >= 0.3 is 0 Å². The average Bonchev–Trinajstić information content (AvgIpc) is 2.41. The molecule has 19 heavy (non-hydrogen) atoms. The van der Waals surface area contributed by atoms with Gasteiger partial charge in [0, 0.05) is 19.3 Å². The van der Waals surface area contributed by atoms with Crippen LogP contribution in [-0.2, 0) is 0 Å². The lowest BCUT2D eigenvalue weighted by molar-refractivity contribution is 0.628. The molecule has 1 aromatic carbocycles. The van der Waals surface area contributed by atoms with E-state index in [0.717, 1.165) is 28.3 Å². The van der Waals surface area contributed by atoms with Crippen LogP contribution in [0.1, 0.15) is 6.92 Å². The molecule has 1 aromatic heterocycles. The van der Waals surface area contributed by atoms with Crippen LogP contribution in [0.4, 0.5) is 21.7 Å². The van der Waals surface area contributed by atoms with Gasteiger partial charge in [0.15, 0.2) is 5.82 Å². The second-order valence-corrected chi connectivity index (χ2v) is 4.72. The van der Waals surface area contributed by atoms with Gasteiger partial charge in [-0.2, -0.15) is 0 Å². The highest BCUT2D eigenvalue weighted by atomic mass is 79.9. The molecule has 1 N–H and O–H groups in total. The van der Waals surface area contributed by atoms with Gasteiger partial charge in [-0.15, -0.1) is 0 Å². The molecule has 0 bridgehead atoms. The number of hydrogen-bond acceptors (Lipinski definition) is 4. The summed E-state index contributed by atoms with van der Waals surface area (Å²) in [7, 11) is 1.87. The number of nitrogens with one attached hydrogen (secondary N) is 1. The zero-order valence-corrected chi connectivity index (χ0v) is 12.3. The first kappa shape index (κ1) is 13.7. The van der Waals surface area contributed by atoms with E-state index in [1.165, 1.54) is 18.5 Å². The van der Waals surface area contributed by atoms with Crippen LogP contribution in [0.2, 0.25) is 0 Å². The maximum atomic E-state index is 12.9. The average molecular weight is 325 g/mol. The third-order valence-electron chi connectivity index (χ3n) is 2.65. The van der Waals surface area contributed by atoms with Gasteiger partial charge in [-0.05, 0) is 47.1 Å². The predicted molar refractivity (Wildman–Crippen MR) is 78.4 cm³/mol. The second kappa shape index (κ2) is 5.97. The number of benzene rings is 1. The Bertz CT molecular complexity index is 559. The molecule has 6 heteroatoms. The van der Waals surface area contributed by atoms with Gasteiger partial charge in [0.05, 0.1) is 0 Å². The Labute approximate surface area is 119 Å². The summed E-state index contributed by atoms with van der Waals surface area (Å²) >= 11 is 3.49. The van der Waals surface area contributed by atoms with Gasteiger partial charge in [-0.3, -0.25) is 0 Å². The molecule has 0 radical (unpaired) electrons. The second-order valence-electron chi connectivity index (χ2n) is 3.93.